The van der Waals surface area contributed by atoms with Crippen LogP contribution < -0.4 is 11.3 Å². The van der Waals surface area contributed by atoms with Crippen molar-refractivity contribution in [2.75, 3.05) is 19.0 Å². The Morgan fingerprint density at radius 2 is 2.10 bits per heavy atom. The Kier molecular flexibility index (Phi) is 5.58. The summed E-state index contributed by atoms with van der Waals surface area (Å²) in [5.41, 5.74) is 1.05. The predicted octanol–water partition coefficient (Wildman–Crippen LogP) is 1.44. The van der Waals surface area contributed by atoms with Gasteiger partial charge in [0.2, 0.25) is 10.0 Å². The van der Waals surface area contributed by atoms with Crippen LogP contribution in [0, 0.1) is 15.9 Å². The number of halogens is 1. The Morgan fingerprint density at radius 3 is 2.57 bits per heavy atom. The molecule has 10 heteroatoms. The van der Waals surface area contributed by atoms with Crippen LogP contribution in [0.15, 0.2) is 17.0 Å². The van der Waals surface area contributed by atoms with Crippen molar-refractivity contribution in [3.8, 4) is 0 Å². The van der Waals surface area contributed by atoms with E-state index in [0.717, 1.165) is 16.8 Å². The van der Waals surface area contributed by atoms with E-state index in [1.54, 1.807) is 0 Å². The summed E-state index contributed by atoms with van der Waals surface area (Å²) in [4.78, 5) is 9.14. The van der Waals surface area contributed by atoms with Crippen LogP contribution in [0.2, 0.25) is 0 Å². The van der Waals surface area contributed by atoms with Crippen LogP contribution in [0.5, 0.6) is 0 Å². The third kappa shape index (κ3) is 3.65. The summed E-state index contributed by atoms with van der Waals surface area (Å²) in [6, 6.07) is 1.44. The number of hydrogen-bond acceptors (Lipinski definition) is 6. The van der Waals surface area contributed by atoms with Gasteiger partial charge in [0.15, 0.2) is 5.82 Å². The van der Waals surface area contributed by atoms with Crippen molar-refractivity contribution in [2.24, 2.45) is 5.84 Å². The topological polar surface area (TPSA) is 119 Å². The van der Waals surface area contributed by atoms with E-state index in [2.05, 4.69) is 0 Å². The summed E-state index contributed by atoms with van der Waals surface area (Å²) in [6.45, 7) is 2.10. The average molecular weight is 320 g/mol. The molecule has 0 unspecified atom stereocenters. The maximum atomic E-state index is 14.0. The van der Waals surface area contributed by atoms with Crippen molar-refractivity contribution in [1.82, 2.24) is 4.31 Å². The molecule has 0 heterocycles. The standard InChI is InChI=1S/C11H17FN4O4S/c1-3-4-5-15(2)21(19,20)11-9(12)6-8(16(17)18)7-10(11)14-13/h6-7,14H,3-5,13H2,1-2H3. The zero-order valence-electron chi connectivity index (χ0n) is 11.7. The molecule has 8 nitrogen and oxygen atoms in total. The molecule has 0 aromatic heterocycles. The largest absolute Gasteiger partial charge is 0.323 e. The monoisotopic (exact) mass is 320 g/mol. The van der Waals surface area contributed by atoms with Crippen LogP contribution in [0.1, 0.15) is 19.8 Å². The average Bonchev–Trinajstić information content (AvgIpc) is 2.42. The number of non-ortho nitro benzene ring substituents is 1. The maximum absolute atomic E-state index is 14.0. The highest BCUT2D eigenvalue weighted by Crippen LogP contribution is 2.31. The fourth-order valence-corrected chi connectivity index (χ4v) is 3.09. The number of anilines is 1. The van der Waals surface area contributed by atoms with Gasteiger partial charge in [-0.3, -0.25) is 16.0 Å². The lowest BCUT2D eigenvalue weighted by atomic mass is 10.3. The molecule has 0 amide bonds. The first-order valence-corrected chi connectivity index (χ1v) is 7.60. The van der Waals surface area contributed by atoms with Crippen LogP contribution in [0.25, 0.3) is 0 Å². The molecule has 0 bridgehead atoms. The number of nitrogen functional groups attached to an aromatic ring is 1. The van der Waals surface area contributed by atoms with E-state index in [4.69, 9.17) is 5.84 Å². The van der Waals surface area contributed by atoms with E-state index in [0.29, 0.717) is 12.5 Å². The van der Waals surface area contributed by atoms with E-state index < -0.39 is 31.3 Å². The minimum atomic E-state index is -4.13. The minimum Gasteiger partial charge on any atom is -0.323 e. The summed E-state index contributed by atoms with van der Waals surface area (Å²) >= 11 is 0. The molecule has 0 atom stereocenters. The number of nitrogens with zero attached hydrogens (tertiary/aromatic N) is 2. The third-order valence-corrected chi connectivity index (χ3v) is 4.82. The molecule has 0 aliphatic heterocycles. The van der Waals surface area contributed by atoms with Crippen molar-refractivity contribution < 1.29 is 17.7 Å². The second kappa shape index (κ2) is 6.78. The summed E-state index contributed by atoms with van der Waals surface area (Å²) < 4.78 is 39.7. The number of nitro groups is 1. The molecule has 0 aliphatic rings. The van der Waals surface area contributed by atoms with Crippen LogP contribution in [0.4, 0.5) is 15.8 Å². The van der Waals surface area contributed by atoms with Crippen molar-refractivity contribution >= 4 is 21.4 Å². The highest BCUT2D eigenvalue weighted by atomic mass is 32.2. The fourth-order valence-electron chi connectivity index (χ4n) is 1.71. The molecule has 21 heavy (non-hydrogen) atoms. The predicted molar refractivity (Wildman–Crippen MR) is 75.6 cm³/mol. The van der Waals surface area contributed by atoms with Crippen LogP contribution in [-0.4, -0.2) is 31.2 Å². The SMILES string of the molecule is CCCCN(C)S(=O)(=O)c1c(F)cc([N+](=O)[O-])cc1NN. The molecule has 1 aromatic carbocycles. The van der Waals surface area contributed by atoms with Gasteiger partial charge in [-0.25, -0.2) is 17.1 Å². The zero-order valence-corrected chi connectivity index (χ0v) is 12.5. The van der Waals surface area contributed by atoms with Gasteiger partial charge in [0.05, 0.1) is 16.7 Å². The van der Waals surface area contributed by atoms with Gasteiger partial charge in [-0.15, -0.1) is 0 Å². The van der Waals surface area contributed by atoms with Crippen LogP contribution >= 0.6 is 0 Å². The van der Waals surface area contributed by atoms with Gasteiger partial charge >= 0.3 is 0 Å². The number of unbranched alkanes of at least 4 members (excludes halogenated alkanes) is 1. The van der Waals surface area contributed by atoms with E-state index in [9.17, 15) is 22.9 Å². The summed E-state index contributed by atoms with van der Waals surface area (Å²) in [7, 11) is -2.82. The van der Waals surface area contributed by atoms with Crippen molar-refractivity contribution in [1.29, 1.82) is 0 Å². The Bertz CT molecular complexity index is 635. The number of nitro benzene ring substituents is 1. The molecular weight excluding hydrogens is 303 g/mol. The smallest absolute Gasteiger partial charge is 0.274 e. The quantitative estimate of drug-likeness (QED) is 0.446. The molecule has 3 N–H and O–H groups in total. The molecule has 0 aliphatic carbocycles. The molecule has 118 valence electrons. The second-order valence-corrected chi connectivity index (χ2v) is 6.37. The number of nitrogens with one attached hydrogen (secondary N) is 1. The number of sulfonamides is 1. The molecule has 0 spiro atoms. The molecular formula is C11H17FN4O4S. The maximum Gasteiger partial charge on any atom is 0.274 e. The van der Waals surface area contributed by atoms with Crippen LogP contribution in [-0.2, 0) is 10.0 Å². The van der Waals surface area contributed by atoms with Gasteiger partial charge < -0.3 is 5.43 Å². The number of nitrogens with two attached hydrogens (primary N) is 1. The first-order valence-electron chi connectivity index (χ1n) is 6.16. The fraction of sp³-hybridized carbons (Fsp3) is 0.455. The lowest BCUT2D eigenvalue weighted by molar-refractivity contribution is -0.385. The normalized spacial score (nSPS) is 11.7. The summed E-state index contributed by atoms with van der Waals surface area (Å²) in [6.07, 6.45) is 1.38. The third-order valence-electron chi connectivity index (χ3n) is 2.89. The van der Waals surface area contributed by atoms with Crippen molar-refractivity contribution in [2.45, 2.75) is 24.7 Å². The first kappa shape index (κ1) is 17.3. The van der Waals surface area contributed by atoms with Gasteiger partial charge in [-0.1, -0.05) is 13.3 Å². The Balaban J connectivity index is 3.38. The Morgan fingerprint density at radius 1 is 1.48 bits per heavy atom. The minimum absolute atomic E-state index is 0.208. The summed E-state index contributed by atoms with van der Waals surface area (Å²) in [5.74, 6) is 3.94. The summed E-state index contributed by atoms with van der Waals surface area (Å²) in [5, 5.41) is 10.7. The second-order valence-electron chi connectivity index (χ2n) is 4.39. The number of hydrazine groups is 1. The Labute approximate surface area is 121 Å². The van der Waals surface area contributed by atoms with Gasteiger partial charge in [-0.2, -0.15) is 0 Å². The van der Waals surface area contributed by atoms with E-state index >= 15 is 0 Å². The highest BCUT2D eigenvalue weighted by Gasteiger charge is 2.30. The first-order chi connectivity index (χ1) is 9.75. The van der Waals surface area contributed by atoms with Gasteiger partial charge in [0.25, 0.3) is 5.69 Å². The van der Waals surface area contributed by atoms with Crippen LogP contribution in [0.3, 0.4) is 0 Å². The molecule has 0 saturated heterocycles. The lowest BCUT2D eigenvalue weighted by Crippen LogP contribution is -2.30. The van der Waals surface area contributed by atoms with E-state index in [-0.39, 0.29) is 12.2 Å². The molecule has 0 saturated carbocycles. The van der Waals surface area contributed by atoms with E-state index in [1.807, 2.05) is 12.3 Å². The number of hydrogen-bond donors (Lipinski definition) is 2. The molecule has 1 rings (SSSR count). The van der Waals surface area contributed by atoms with Gasteiger partial charge in [-0.05, 0) is 6.42 Å². The Hall–Kier alpha value is -1.78. The van der Waals surface area contributed by atoms with E-state index in [1.165, 1.54) is 7.05 Å². The number of rotatable bonds is 7. The molecule has 1 aromatic rings. The highest BCUT2D eigenvalue weighted by molar-refractivity contribution is 7.89. The van der Waals surface area contributed by atoms with Crippen molar-refractivity contribution in [3.63, 3.8) is 0 Å². The molecule has 0 fully saturated rings. The number of benzene rings is 1. The van der Waals surface area contributed by atoms with Crippen molar-refractivity contribution in [3.05, 3.63) is 28.1 Å². The zero-order chi connectivity index (χ0) is 16.2. The van der Waals surface area contributed by atoms with Gasteiger partial charge in [0, 0.05) is 19.7 Å². The molecule has 0 radical (unpaired) electrons. The lowest BCUT2D eigenvalue weighted by Gasteiger charge is -2.19. The van der Waals surface area contributed by atoms with Gasteiger partial charge in [0.1, 0.15) is 4.90 Å².